The Morgan fingerprint density at radius 2 is 1.91 bits per heavy atom. The second-order valence-electron chi connectivity index (χ2n) is 7.24. The number of rotatable bonds is 6. The van der Waals surface area contributed by atoms with Crippen LogP contribution < -0.4 is 10.2 Å². The van der Waals surface area contributed by atoms with Crippen molar-refractivity contribution >= 4 is 11.8 Å². The lowest BCUT2D eigenvalue weighted by molar-refractivity contribution is -0.887. The molecule has 0 aromatic carbocycles. The van der Waals surface area contributed by atoms with Crippen LogP contribution in [-0.4, -0.2) is 55.5 Å². The van der Waals surface area contributed by atoms with Gasteiger partial charge in [0, 0.05) is 44.8 Å². The number of hydrogen-bond donors (Lipinski definition) is 2. The van der Waals surface area contributed by atoms with Crippen LogP contribution in [0.4, 0.5) is 0 Å². The van der Waals surface area contributed by atoms with Crippen LogP contribution in [-0.2, 0) is 9.59 Å². The molecule has 3 rings (SSSR count). The molecule has 2 amide bonds. The Balaban J connectivity index is 1.36. The lowest BCUT2D eigenvalue weighted by Gasteiger charge is -2.23. The Bertz CT molecular complexity index is 401. The summed E-state index contributed by atoms with van der Waals surface area (Å²) < 4.78 is 0. The fourth-order valence-corrected chi connectivity index (χ4v) is 4.30. The minimum absolute atomic E-state index is 0.0882. The molecule has 2 heterocycles. The topological polar surface area (TPSA) is 53.9 Å². The molecule has 0 spiro atoms. The van der Waals surface area contributed by atoms with Crippen molar-refractivity contribution in [1.82, 2.24) is 10.2 Å². The number of quaternary nitrogens is 1. The van der Waals surface area contributed by atoms with Crippen molar-refractivity contribution in [3.05, 3.63) is 0 Å². The molecule has 1 atom stereocenters. The summed E-state index contributed by atoms with van der Waals surface area (Å²) in [5.74, 6) is 0.158. The fraction of sp³-hybridized carbons (Fsp3) is 0.882. The molecule has 0 unspecified atom stereocenters. The fourth-order valence-electron chi connectivity index (χ4n) is 4.30. The maximum atomic E-state index is 12.3. The first-order valence-corrected chi connectivity index (χ1v) is 9.15. The van der Waals surface area contributed by atoms with Gasteiger partial charge >= 0.3 is 0 Å². The molecule has 2 N–H and O–H groups in total. The van der Waals surface area contributed by atoms with Crippen LogP contribution in [0.1, 0.15) is 51.4 Å². The number of amides is 2. The van der Waals surface area contributed by atoms with Crippen molar-refractivity contribution in [1.29, 1.82) is 0 Å². The number of carbonyl (C=O) groups excluding carboxylic acids is 2. The smallest absolute Gasteiger partial charge is 0.225 e. The van der Waals surface area contributed by atoms with Gasteiger partial charge in [0.15, 0.2) is 0 Å². The highest BCUT2D eigenvalue weighted by Gasteiger charge is 2.38. The second kappa shape index (κ2) is 7.44. The Labute approximate surface area is 133 Å². The third-order valence-electron chi connectivity index (χ3n) is 5.61. The predicted octanol–water partition coefficient (Wildman–Crippen LogP) is -0.0375. The van der Waals surface area contributed by atoms with Crippen molar-refractivity contribution < 1.29 is 14.5 Å². The quantitative estimate of drug-likeness (QED) is 0.677. The van der Waals surface area contributed by atoms with Crippen molar-refractivity contribution in [3.8, 4) is 0 Å². The van der Waals surface area contributed by atoms with E-state index < -0.39 is 0 Å². The zero-order valence-corrected chi connectivity index (χ0v) is 13.6. The van der Waals surface area contributed by atoms with E-state index in [1.807, 2.05) is 4.90 Å². The monoisotopic (exact) mass is 308 g/mol. The highest BCUT2D eigenvalue weighted by Crippen LogP contribution is 2.29. The van der Waals surface area contributed by atoms with Crippen LogP contribution in [0.2, 0.25) is 0 Å². The van der Waals surface area contributed by atoms with Gasteiger partial charge in [-0.05, 0) is 12.8 Å². The van der Waals surface area contributed by atoms with Crippen LogP contribution in [0.15, 0.2) is 0 Å². The summed E-state index contributed by atoms with van der Waals surface area (Å²) in [5, 5.41) is 3.05. The van der Waals surface area contributed by atoms with Gasteiger partial charge < -0.3 is 15.1 Å². The minimum atomic E-state index is -0.118. The molecule has 0 aromatic heterocycles. The molecule has 3 aliphatic rings. The lowest BCUT2D eigenvalue weighted by atomic mass is 10.1. The van der Waals surface area contributed by atoms with E-state index in [-0.39, 0.29) is 17.7 Å². The average Bonchev–Trinajstić information content (AvgIpc) is 3.24. The molecule has 5 nitrogen and oxygen atoms in total. The molecule has 1 saturated carbocycles. The molecule has 0 aromatic rings. The van der Waals surface area contributed by atoms with Gasteiger partial charge in [0.1, 0.15) is 0 Å². The zero-order chi connectivity index (χ0) is 15.4. The zero-order valence-electron chi connectivity index (χ0n) is 13.6. The van der Waals surface area contributed by atoms with Crippen LogP contribution in [0, 0.1) is 5.92 Å². The average molecular weight is 308 g/mol. The summed E-state index contributed by atoms with van der Waals surface area (Å²) in [5.41, 5.74) is 0. The first-order chi connectivity index (χ1) is 10.7. The maximum absolute atomic E-state index is 12.3. The van der Waals surface area contributed by atoms with E-state index in [9.17, 15) is 9.59 Å². The van der Waals surface area contributed by atoms with Gasteiger partial charge in [-0.3, -0.25) is 9.59 Å². The van der Waals surface area contributed by atoms with Crippen molar-refractivity contribution in [2.75, 3.05) is 32.7 Å². The molecule has 2 saturated heterocycles. The van der Waals surface area contributed by atoms with E-state index in [4.69, 9.17) is 0 Å². The SMILES string of the molecule is O=C(NCCC[NH+]1CCCC1)[C@@H]1CC(=O)N(C2CCCC2)C1. The molecule has 22 heavy (non-hydrogen) atoms. The molecule has 5 heteroatoms. The molecule has 3 fully saturated rings. The number of carbonyl (C=O) groups is 2. The number of nitrogens with one attached hydrogen (secondary N) is 2. The van der Waals surface area contributed by atoms with E-state index in [1.165, 1.54) is 38.8 Å². The molecule has 1 aliphatic carbocycles. The first-order valence-electron chi connectivity index (χ1n) is 9.15. The molecule has 2 aliphatic heterocycles. The van der Waals surface area contributed by atoms with Gasteiger partial charge in [0.05, 0.1) is 25.6 Å². The molecular formula is C17H30N3O2+. The number of nitrogens with zero attached hydrogens (tertiary/aromatic N) is 1. The van der Waals surface area contributed by atoms with E-state index in [2.05, 4.69) is 5.32 Å². The van der Waals surface area contributed by atoms with Gasteiger partial charge in [0.2, 0.25) is 11.8 Å². The van der Waals surface area contributed by atoms with Crippen molar-refractivity contribution in [3.63, 3.8) is 0 Å². The van der Waals surface area contributed by atoms with Gasteiger partial charge in [-0.2, -0.15) is 0 Å². The van der Waals surface area contributed by atoms with Gasteiger partial charge in [-0.1, -0.05) is 12.8 Å². The maximum Gasteiger partial charge on any atom is 0.225 e. The number of likely N-dealkylation sites (tertiary alicyclic amines) is 2. The van der Waals surface area contributed by atoms with Crippen LogP contribution in [0.3, 0.4) is 0 Å². The van der Waals surface area contributed by atoms with Crippen molar-refractivity contribution in [2.24, 2.45) is 5.92 Å². The van der Waals surface area contributed by atoms with Crippen molar-refractivity contribution in [2.45, 2.75) is 57.4 Å². The molecular weight excluding hydrogens is 278 g/mol. The summed E-state index contributed by atoms with van der Waals surface area (Å²) >= 11 is 0. The lowest BCUT2D eigenvalue weighted by Crippen LogP contribution is -3.10. The Kier molecular flexibility index (Phi) is 5.34. The van der Waals surface area contributed by atoms with Gasteiger partial charge in [-0.15, -0.1) is 0 Å². The largest absolute Gasteiger partial charge is 0.356 e. The van der Waals surface area contributed by atoms with Gasteiger partial charge in [-0.25, -0.2) is 0 Å². The Morgan fingerprint density at radius 3 is 2.64 bits per heavy atom. The summed E-state index contributed by atoms with van der Waals surface area (Å²) in [6.45, 7) is 5.16. The first kappa shape index (κ1) is 15.8. The molecule has 124 valence electrons. The summed E-state index contributed by atoms with van der Waals surface area (Å²) in [7, 11) is 0. The van der Waals surface area contributed by atoms with Crippen LogP contribution in [0.25, 0.3) is 0 Å². The minimum Gasteiger partial charge on any atom is -0.356 e. The summed E-state index contributed by atoms with van der Waals surface area (Å²) in [6.07, 6.45) is 8.87. The Morgan fingerprint density at radius 1 is 1.18 bits per heavy atom. The third kappa shape index (κ3) is 3.80. The highest BCUT2D eigenvalue weighted by molar-refractivity contribution is 5.89. The number of hydrogen-bond acceptors (Lipinski definition) is 2. The van der Waals surface area contributed by atoms with E-state index in [0.717, 1.165) is 32.4 Å². The Hall–Kier alpha value is -1.10. The van der Waals surface area contributed by atoms with E-state index in [0.29, 0.717) is 19.0 Å². The van der Waals surface area contributed by atoms with Crippen LogP contribution >= 0.6 is 0 Å². The summed E-state index contributed by atoms with van der Waals surface area (Å²) in [4.78, 5) is 28.0. The molecule has 0 bridgehead atoms. The second-order valence-corrected chi connectivity index (χ2v) is 7.24. The summed E-state index contributed by atoms with van der Waals surface area (Å²) in [6, 6.07) is 0.407. The van der Waals surface area contributed by atoms with Gasteiger partial charge in [0.25, 0.3) is 0 Å². The standard InChI is InChI=1S/C17H29N3O2/c21-16-12-14(13-20(16)15-6-1-2-7-15)17(22)18-8-5-11-19-9-3-4-10-19/h14-15H,1-13H2,(H,18,22)/p+1/t14-/m1/s1. The highest BCUT2D eigenvalue weighted by atomic mass is 16.2. The normalized spacial score (nSPS) is 27.0. The van der Waals surface area contributed by atoms with E-state index in [1.54, 1.807) is 4.90 Å². The third-order valence-corrected chi connectivity index (χ3v) is 5.61. The van der Waals surface area contributed by atoms with Crippen LogP contribution in [0.5, 0.6) is 0 Å². The molecule has 0 radical (unpaired) electrons. The van der Waals surface area contributed by atoms with E-state index >= 15 is 0 Å². The predicted molar refractivity (Wildman–Crippen MR) is 84.5 cm³/mol.